The number of piperidine rings is 1. The summed E-state index contributed by atoms with van der Waals surface area (Å²) in [5, 5.41) is 7.77. The van der Waals surface area contributed by atoms with E-state index in [0.717, 1.165) is 61.2 Å². The Morgan fingerprint density at radius 1 is 0.929 bits per heavy atom. The maximum atomic E-state index is 12.6. The number of pyridine rings is 1. The van der Waals surface area contributed by atoms with Crippen molar-refractivity contribution in [3.05, 3.63) is 54.6 Å². The van der Waals surface area contributed by atoms with Crippen molar-refractivity contribution >= 4 is 39.8 Å². The summed E-state index contributed by atoms with van der Waals surface area (Å²) in [5.74, 6) is 0.308. The van der Waals surface area contributed by atoms with Gasteiger partial charge in [0.15, 0.2) is 17.3 Å². The number of hydrogen-bond donors (Lipinski definition) is 4. The van der Waals surface area contributed by atoms with Crippen LogP contribution in [-0.4, -0.2) is 94.0 Å². The molecule has 3 aliphatic rings. The lowest BCUT2D eigenvalue weighted by atomic mass is 10.0. The van der Waals surface area contributed by atoms with Crippen LogP contribution in [0.15, 0.2) is 48.9 Å². The summed E-state index contributed by atoms with van der Waals surface area (Å²) in [6.45, 7) is 6.79. The van der Waals surface area contributed by atoms with Crippen LogP contribution in [0.3, 0.4) is 0 Å². The fourth-order valence-corrected chi connectivity index (χ4v) is 6.14. The molecule has 2 aliphatic heterocycles. The summed E-state index contributed by atoms with van der Waals surface area (Å²) in [6.07, 6.45) is 9.91. The molecule has 11 heteroatoms. The molecule has 11 nitrogen and oxygen atoms in total. The molecule has 0 unspecified atom stereocenters. The smallest absolute Gasteiger partial charge is 0.271 e. The lowest BCUT2D eigenvalue weighted by molar-refractivity contribution is 0.0982. The van der Waals surface area contributed by atoms with Crippen LogP contribution in [0.4, 0.5) is 23.0 Å². The monoisotopic (exact) mass is 566 g/mol. The van der Waals surface area contributed by atoms with Gasteiger partial charge in [-0.25, -0.2) is 9.97 Å². The van der Waals surface area contributed by atoms with Gasteiger partial charge in [-0.1, -0.05) is 0 Å². The van der Waals surface area contributed by atoms with Gasteiger partial charge in [-0.3, -0.25) is 14.7 Å². The van der Waals surface area contributed by atoms with Crippen molar-refractivity contribution in [3.8, 4) is 11.3 Å². The van der Waals surface area contributed by atoms with Crippen LogP contribution in [0.2, 0.25) is 0 Å². The van der Waals surface area contributed by atoms with Crippen molar-refractivity contribution < 1.29 is 4.79 Å². The third-order valence-electron chi connectivity index (χ3n) is 8.79. The van der Waals surface area contributed by atoms with Crippen molar-refractivity contribution in [2.24, 2.45) is 5.73 Å². The minimum absolute atomic E-state index is 0.0916. The van der Waals surface area contributed by atoms with E-state index in [1.807, 2.05) is 24.4 Å². The van der Waals surface area contributed by atoms with Crippen molar-refractivity contribution in [1.82, 2.24) is 29.7 Å². The summed E-state index contributed by atoms with van der Waals surface area (Å²) in [5.41, 5.74) is 10.2. The van der Waals surface area contributed by atoms with Gasteiger partial charge in [0.25, 0.3) is 5.91 Å². The predicted molar refractivity (Wildman–Crippen MR) is 166 cm³/mol. The molecule has 3 fully saturated rings. The first-order chi connectivity index (χ1) is 20.5. The van der Waals surface area contributed by atoms with Crippen LogP contribution in [0, 0.1) is 0 Å². The van der Waals surface area contributed by atoms with Gasteiger partial charge in [0.05, 0.1) is 11.7 Å². The number of aromatic amines is 1. The van der Waals surface area contributed by atoms with E-state index >= 15 is 0 Å². The summed E-state index contributed by atoms with van der Waals surface area (Å²) in [6, 6.07) is 11.3. The van der Waals surface area contributed by atoms with Gasteiger partial charge in [0, 0.05) is 86.1 Å². The van der Waals surface area contributed by atoms with Gasteiger partial charge in [0.2, 0.25) is 0 Å². The van der Waals surface area contributed by atoms with E-state index in [1.54, 1.807) is 12.4 Å². The number of nitrogens with zero attached hydrogens (tertiary/aromatic N) is 6. The number of nitrogens with one attached hydrogen (secondary N) is 3. The Morgan fingerprint density at radius 3 is 2.40 bits per heavy atom. The van der Waals surface area contributed by atoms with Crippen LogP contribution in [0.25, 0.3) is 22.2 Å². The van der Waals surface area contributed by atoms with Crippen molar-refractivity contribution in [3.63, 3.8) is 0 Å². The first-order valence-corrected chi connectivity index (χ1v) is 15.0. The maximum Gasteiger partial charge on any atom is 0.271 e. The average Bonchev–Trinajstić information content (AvgIpc) is 3.69. The van der Waals surface area contributed by atoms with Gasteiger partial charge in [-0.15, -0.1) is 0 Å². The molecule has 5 heterocycles. The zero-order valence-electron chi connectivity index (χ0n) is 24.0. The lowest BCUT2D eigenvalue weighted by Crippen LogP contribution is -2.52. The van der Waals surface area contributed by atoms with E-state index in [0.29, 0.717) is 29.4 Å². The summed E-state index contributed by atoms with van der Waals surface area (Å²) >= 11 is 0. The molecule has 1 saturated carbocycles. The quantitative estimate of drug-likeness (QED) is 0.252. The molecule has 218 valence electrons. The Morgan fingerprint density at radius 2 is 1.69 bits per heavy atom. The number of aromatic nitrogens is 4. The van der Waals surface area contributed by atoms with Gasteiger partial charge < -0.3 is 31.2 Å². The van der Waals surface area contributed by atoms with Gasteiger partial charge >= 0.3 is 0 Å². The number of rotatable bonds is 8. The molecule has 0 bridgehead atoms. The Labute approximate surface area is 245 Å². The standard InChI is InChI=1S/C31H38N10O/c1-39-14-16-41(17-15-39)23-9-12-40(13-10-23)22-6-4-21(5-7-22)36-31-28(29(32)42)37-27(30(38-31)35-20-2-3-20)25-18-33-19-26-24(25)8-11-34-26/h4-8,11,18-20,23,34H,2-3,9-10,12-17H2,1H3,(H2,32,42)(H2,35,36,38). The Balaban J connectivity index is 1.10. The molecule has 0 radical (unpaired) electrons. The molecule has 0 atom stereocenters. The van der Waals surface area contributed by atoms with Crippen molar-refractivity contribution in [2.75, 3.05) is 61.8 Å². The van der Waals surface area contributed by atoms with Gasteiger partial charge in [-0.2, -0.15) is 0 Å². The fraction of sp³-hybridized carbons (Fsp3) is 0.419. The van der Waals surface area contributed by atoms with Crippen LogP contribution < -0.4 is 21.3 Å². The highest BCUT2D eigenvalue weighted by atomic mass is 16.1. The number of H-pyrrole nitrogens is 1. The van der Waals surface area contributed by atoms with Crippen LogP contribution in [0.5, 0.6) is 0 Å². The SMILES string of the molecule is CN1CCN(C2CCN(c3ccc(Nc4nc(NC5CC5)c(-c5cncc6[nH]ccc56)nc4C(N)=O)cc3)CC2)CC1. The molecular weight excluding hydrogens is 528 g/mol. The highest BCUT2D eigenvalue weighted by Crippen LogP contribution is 2.36. The molecule has 1 aromatic carbocycles. The van der Waals surface area contributed by atoms with E-state index < -0.39 is 5.91 Å². The number of primary amides is 1. The zero-order chi connectivity index (χ0) is 28.6. The molecular formula is C31H38N10O. The molecule has 42 heavy (non-hydrogen) atoms. The number of likely N-dealkylation sites (N-methyl/N-ethyl adjacent to an activating group) is 1. The van der Waals surface area contributed by atoms with Gasteiger partial charge in [-0.05, 0) is 63.1 Å². The van der Waals surface area contributed by atoms with E-state index in [9.17, 15) is 4.79 Å². The largest absolute Gasteiger partial charge is 0.371 e. The molecule has 5 N–H and O–H groups in total. The highest BCUT2D eigenvalue weighted by Gasteiger charge is 2.28. The van der Waals surface area contributed by atoms with Crippen LogP contribution in [0.1, 0.15) is 36.2 Å². The zero-order valence-corrected chi connectivity index (χ0v) is 24.0. The number of fused-ring (bicyclic) bond motifs is 1. The van der Waals surface area contributed by atoms with E-state index in [1.165, 1.54) is 31.6 Å². The normalized spacial score (nSPS) is 18.8. The number of carbonyl (C=O) groups is 1. The number of amides is 1. The molecule has 0 spiro atoms. The molecule has 1 aliphatic carbocycles. The molecule has 3 aromatic heterocycles. The second-order valence-corrected chi connectivity index (χ2v) is 11.8. The second kappa shape index (κ2) is 11.2. The Bertz CT molecular complexity index is 1560. The van der Waals surface area contributed by atoms with Crippen LogP contribution >= 0.6 is 0 Å². The first kappa shape index (κ1) is 26.7. The second-order valence-electron chi connectivity index (χ2n) is 11.8. The molecule has 7 rings (SSSR count). The van der Waals surface area contributed by atoms with Crippen molar-refractivity contribution in [1.29, 1.82) is 0 Å². The third-order valence-corrected chi connectivity index (χ3v) is 8.79. The van der Waals surface area contributed by atoms with Gasteiger partial charge in [0.1, 0.15) is 5.69 Å². The van der Waals surface area contributed by atoms with E-state index in [-0.39, 0.29) is 5.69 Å². The Kier molecular flexibility index (Phi) is 7.12. The Hall–Kier alpha value is -4.22. The summed E-state index contributed by atoms with van der Waals surface area (Å²) in [4.78, 5) is 37.3. The number of nitrogens with two attached hydrogens (primary N) is 1. The lowest BCUT2D eigenvalue weighted by Gasteiger charge is -2.42. The maximum absolute atomic E-state index is 12.6. The van der Waals surface area contributed by atoms with E-state index in [4.69, 9.17) is 15.7 Å². The summed E-state index contributed by atoms with van der Waals surface area (Å²) < 4.78 is 0. The topological polar surface area (TPSA) is 131 Å². The first-order valence-electron chi connectivity index (χ1n) is 15.0. The molecule has 2 saturated heterocycles. The third kappa shape index (κ3) is 5.49. The molecule has 1 amide bonds. The molecule has 4 aromatic rings. The number of carbonyl (C=O) groups excluding carboxylic acids is 1. The minimum atomic E-state index is -0.640. The summed E-state index contributed by atoms with van der Waals surface area (Å²) in [7, 11) is 2.21. The average molecular weight is 567 g/mol. The van der Waals surface area contributed by atoms with Crippen molar-refractivity contribution in [2.45, 2.75) is 37.8 Å². The fourth-order valence-electron chi connectivity index (χ4n) is 6.14. The highest BCUT2D eigenvalue weighted by molar-refractivity contribution is 6.00. The van der Waals surface area contributed by atoms with Crippen LogP contribution in [-0.2, 0) is 0 Å². The van der Waals surface area contributed by atoms with E-state index in [2.05, 4.69) is 54.5 Å². The number of benzene rings is 1. The predicted octanol–water partition coefficient (Wildman–Crippen LogP) is 3.65. The number of anilines is 4. The number of piperazine rings is 1. The number of hydrogen-bond acceptors (Lipinski definition) is 9. The minimum Gasteiger partial charge on any atom is -0.371 e.